The molecule has 0 bridgehead atoms. The van der Waals surface area contributed by atoms with Gasteiger partial charge in [-0.2, -0.15) is 0 Å². The van der Waals surface area contributed by atoms with Crippen LogP contribution in [0.15, 0.2) is 58.3 Å². The lowest BCUT2D eigenvalue weighted by Gasteiger charge is -2.48. The molecule has 2 aromatic heterocycles. The van der Waals surface area contributed by atoms with Gasteiger partial charge in [0.25, 0.3) is 17.4 Å². The summed E-state index contributed by atoms with van der Waals surface area (Å²) in [7, 11) is 4.38. The van der Waals surface area contributed by atoms with Crippen LogP contribution in [0.3, 0.4) is 0 Å². The molecule has 48 heavy (non-hydrogen) atoms. The molecule has 3 aliphatic rings. The molecule has 2 aromatic carbocycles. The number of aryl methyl sites for hydroxylation is 2. The molecule has 0 radical (unpaired) electrons. The number of pyridine rings is 1. The molecule has 3 N–H and O–H groups in total. The number of methoxy groups -OCH3 is 1. The highest BCUT2D eigenvalue weighted by atomic mass is 35.5. The molecule has 1 spiro atoms. The van der Waals surface area contributed by atoms with Crippen LogP contribution in [0.2, 0.25) is 5.02 Å². The molecule has 13 nitrogen and oxygen atoms in total. The largest absolute Gasteiger partial charge is 0.481 e. The Bertz CT molecular complexity index is 2190. The van der Waals surface area contributed by atoms with Gasteiger partial charge in [0.1, 0.15) is 11.1 Å². The van der Waals surface area contributed by atoms with E-state index in [9.17, 15) is 24.0 Å². The number of likely N-dealkylation sites (tertiary alicyclic amines) is 1. The maximum absolute atomic E-state index is 13.2. The standard InChI is InChI=1S/C34H32ClN7O6/c1-17-19(7-6-10-23(17)36-28(43)22-14-40(2)33(47)41(3)30(22)44)20-8-5-9-21(27(20)35)24-13-18-11-12-25(26(18)29(37-24)48-4)42-15-34(16-42)31(45)38-32(46)39-34/h5-10,13-14,25H,11-12,15-16H2,1-4H3,(H,36,43)(H2,38,39,45,46). The number of aromatic nitrogens is 3. The monoisotopic (exact) mass is 669 g/mol. The summed E-state index contributed by atoms with van der Waals surface area (Å²) >= 11 is 7.10. The van der Waals surface area contributed by atoms with Crippen molar-refractivity contribution in [3.8, 4) is 28.3 Å². The number of ether oxygens (including phenoxy) is 1. The molecular weight excluding hydrogens is 638 g/mol. The second kappa shape index (κ2) is 11.5. The first-order valence-electron chi connectivity index (χ1n) is 15.3. The van der Waals surface area contributed by atoms with E-state index in [-0.39, 0.29) is 17.5 Å². The first-order chi connectivity index (χ1) is 22.9. The topological polar surface area (TPSA) is 157 Å². The first-order valence-corrected chi connectivity index (χ1v) is 15.7. The number of halogens is 1. The fourth-order valence-electron chi connectivity index (χ4n) is 7.01. The van der Waals surface area contributed by atoms with E-state index in [2.05, 4.69) is 20.9 Å². The van der Waals surface area contributed by atoms with Gasteiger partial charge in [0, 0.05) is 61.8 Å². The molecule has 14 heteroatoms. The molecule has 4 amide bonds. The van der Waals surface area contributed by atoms with Crippen LogP contribution < -0.4 is 31.9 Å². The van der Waals surface area contributed by atoms with E-state index in [4.69, 9.17) is 21.3 Å². The van der Waals surface area contributed by atoms with Crippen LogP contribution >= 0.6 is 11.6 Å². The van der Waals surface area contributed by atoms with Crippen LogP contribution in [0.5, 0.6) is 5.88 Å². The summed E-state index contributed by atoms with van der Waals surface area (Å²) in [5.74, 6) is -0.448. The van der Waals surface area contributed by atoms with Gasteiger partial charge in [0.05, 0.1) is 17.8 Å². The number of rotatable bonds is 6. The molecule has 2 fully saturated rings. The lowest BCUT2D eigenvalue weighted by molar-refractivity contribution is -0.131. The number of anilines is 1. The van der Waals surface area contributed by atoms with Crippen molar-refractivity contribution in [2.24, 2.45) is 14.1 Å². The molecule has 1 unspecified atom stereocenters. The Morgan fingerprint density at radius 3 is 2.48 bits per heavy atom. The Balaban J connectivity index is 1.18. The second-order valence-electron chi connectivity index (χ2n) is 12.4. The molecule has 1 aliphatic carbocycles. The molecule has 2 saturated heterocycles. The van der Waals surface area contributed by atoms with Crippen molar-refractivity contribution < 1.29 is 19.1 Å². The number of amides is 4. The lowest BCUT2D eigenvalue weighted by atomic mass is 9.87. The van der Waals surface area contributed by atoms with E-state index in [0.29, 0.717) is 40.9 Å². The van der Waals surface area contributed by atoms with E-state index < -0.39 is 28.7 Å². The van der Waals surface area contributed by atoms with Crippen LogP contribution in [0, 0.1) is 6.92 Å². The number of hydrogen-bond acceptors (Lipinski definition) is 8. The van der Waals surface area contributed by atoms with Crippen molar-refractivity contribution in [2.45, 2.75) is 31.3 Å². The van der Waals surface area contributed by atoms with Crippen LogP contribution in [0.1, 0.15) is 39.5 Å². The Labute approximate surface area is 279 Å². The number of urea groups is 1. The zero-order valence-electron chi connectivity index (χ0n) is 26.6. The van der Waals surface area contributed by atoms with Gasteiger partial charge >= 0.3 is 11.7 Å². The Kier molecular flexibility index (Phi) is 7.48. The number of carbonyl (C=O) groups is 3. The maximum Gasteiger partial charge on any atom is 0.330 e. The Morgan fingerprint density at radius 1 is 1.06 bits per heavy atom. The first kappa shape index (κ1) is 31.3. The quantitative estimate of drug-likeness (QED) is 0.265. The average Bonchev–Trinajstić information content (AvgIpc) is 3.61. The number of hydrogen-bond donors (Lipinski definition) is 3. The van der Waals surface area contributed by atoms with Gasteiger partial charge in [-0.3, -0.25) is 29.2 Å². The summed E-state index contributed by atoms with van der Waals surface area (Å²) in [4.78, 5) is 69.1. The third kappa shape index (κ3) is 4.88. The number of fused-ring (bicyclic) bond motifs is 1. The minimum absolute atomic E-state index is 0.00390. The molecule has 7 rings (SSSR count). The summed E-state index contributed by atoms with van der Waals surface area (Å²) in [6.07, 6.45) is 2.83. The molecule has 4 heterocycles. The van der Waals surface area contributed by atoms with Crippen LogP contribution in [-0.4, -0.2) is 62.6 Å². The van der Waals surface area contributed by atoms with Crippen molar-refractivity contribution in [1.82, 2.24) is 29.7 Å². The lowest BCUT2D eigenvalue weighted by Crippen LogP contribution is -2.70. The molecular formula is C34H32ClN7O6. The summed E-state index contributed by atoms with van der Waals surface area (Å²) in [5.41, 5.74) is 3.86. The minimum Gasteiger partial charge on any atom is -0.481 e. The van der Waals surface area contributed by atoms with Crippen molar-refractivity contribution >= 4 is 35.1 Å². The van der Waals surface area contributed by atoms with Crippen molar-refractivity contribution in [3.05, 3.63) is 96.8 Å². The average molecular weight is 670 g/mol. The van der Waals surface area contributed by atoms with Gasteiger partial charge in [-0.25, -0.2) is 14.6 Å². The summed E-state index contributed by atoms with van der Waals surface area (Å²) < 4.78 is 7.88. The van der Waals surface area contributed by atoms with Crippen LogP contribution in [-0.2, 0) is 25.3 Å². The number of nitrogens with one attached hydrogen (secondary N) is 3. The SMILES string of the molecule is COc1nc(-c2cccc(-c3cccc(NC(=O)c4cn(C)c(=O)n(C)c4=O)c3C)c2Cl)cc2c1C(N1CC3(C1)NC(=O)NC3=O)CC2. The summed E-state index contributed by atoms with van der Waals surface area (Å²) in [6.45, 7) is 2.67. The summed E-state index contributed by atoms with van der Waals surface area (Å²) in [6, 6.07) is 12.7. The molecule has 1 atom stereocenters. The fourth-order valence-corrected chi connectivity index (χ4v) is 7.34. The van der Waals surface area contributed by atoms with Gasteiger partial charge in [-0.1, -0.05) is 41.9 Å². The molecule has 2 aliphatic heterocycles. The number of carbonyl (C=O) groups excluding carboxylic acids is 3. The predicted molar refractivity (Wildman–Crippen MR) is 178 cm³/mol. The van der Waals surface area contributed by atoms with Crippen molar-refractivity contribution in [2.75, 3.05) is 25.5 Å². The fraction of sp³-hybridized carbons (Fsp3) is 0.294. The highest BCUT2D eigenvalue weighted by Gasteiger charge is 2.57. The minimum atomic E-state index is -0.884. The highest BCUT2D eigenvalue weighted by molar-refractivity contribution is 6.36. The van der Waals surface area contributed by atoms with Gasteiger partial charge in [0.15, 0.2) is 0 Å². The van der Waals surface area contributed by atoms with Crippen molar-refractivity contribution in [3.63, 3.8) is 0 Å². The van der Waals surface area contributed by atoms with Crippen LogP contribution in [0.4, 0.5) is 10.5 Å². The van der Waals surface area contributed by atoms with E-state index in [0.717, 1.165) is 45.2 Å². The second-order valence-corrected chi connectivity index (χ2v) is 12.8. The Morgan fingerprint density at radius 2 is 1.77 bits per heavy atom. The van der Waals surface area contributed by atoms with Crippen molar-refractivity contribution in [1.29, 1.82) is 0 Å². The smallest absolute Gasteiger partial charge is 0.330 e. The highest BCUT2D eigenvalue weighted by Crippen LogP contribution is 2.47. The molecule has 4 aromatic rings. The molecule has 0 saturated carbocycles. The third-order valence-corrected chi connectivity index (χ3v) is 9.97. The van der Waals surface area contributed by atoms with Crippen LogP contribution in [0.25, 0.3) is 22.4 Å². The predicted octanol–water partition coefficient (Wildman–Crippen LogP) is 2.92. The molecule has 246 valence electrons. The van der Waals surface area contributed by atoms with E-state index in [1.165, 1.54) is 24.9 Å². The zero-order chi connectivity index (χ0) is 34.1. The zero-order valence-corrected chi connectivity index (χ0v) is 27.4. The van der Waals surface area contributed by atoms with E-state index in [1.807, 2.05) is 37.3 Å². The van der Waals surface area contributed by atoms with E-state index >= 15 is 0 Å². The number of nitrogens with zero attached hydrogens (tertiary/aromatic N) is 4. The summed E-state index contributed by atoms with van der Waals surface area (Å²) in [5, 5.41) is 8.38. The normalized spacial score (nSPS) is 17.9. The number of imide groups is 1. The van der Waals surface area contributed by atoms with E-state index in [1.54, 1.807) is 19.2 Å². The van der Waals surface area contributed by atoms with Gasteiger partial charge in [-0.15, -0.1) is 0 Å². The van der Waals surface area contributed by atoms with Gasteiger partial charge < -0.3 is 19.9 Å². The maximum atomic E-state index is 13.2. The third-order valence-electron chi connectivity index (χ3n) is 9.56. The van der Waals surface area contributed by atoms with Gasteiger partial charge in [0.2, 0.25) is 5.88 Å². The number of benzene rings is 2. The Hall–Kier alpha value is -5.27. The van der Waals surface area contributed by atoms with Gasteiger partial charge in [-0.05, 0) is 48.6 Å².